The van der Waals surface area contributed by atoms with E-state index in [-0.39, 0.29) is 11.0 Å². The molecule has 250 valence electrons. The number of nitrogens with one attached hydrogen (secondary N) is 1. The highest BCUT2D eigenvalue weighted by molar-refractivity contribution is 7.07. The third kappa shape index (κ3) is 4.66. The molecule has 1 aromatic carbocycles. The van der Waals surface area contributed by atoms with Crippen LogP contribution in [-0.2, 0) is 11.3 Å². The third-order valence-electron chi connectivity index (χ3n) is 15.6. The summed E-state index contributed by atoms with van der Waals surface area (Å²) in [6, 6.07) is 10.8. The van der Waals surface area contributed by atoms with Crippen LogP contribution in [0.15, 0.2) is 59.3 Å². The number of hydrogen-bond acceptors (Lipinski definition) is 4. The van der Waals surface area contributed by atoms with E-state index in [1.54, 1.807) is 7.11 Å². The van der Waals surface area contributed by atoms with Gasteiger partial charge in [0, 0.05) is 24.8 Å². The lowest BCUT2D eigenvalue weighted by molar-refractivity contribution is -0.219. The Morgan fingerprint density at radius 3 is 2.39 bits per heavy atom. The van der Waals surface area contributed by atoms with Crippen LogP contribution >= 0.6 is 11.3 Å². The molecule has 1 aromatic heterocycles. The zero-order valence-electron chi connectivity index (χ0n) is 29.6. The molecule has 2 N–H and O–H groups in total. The first-order chi connectivity index (χ1) is 21.8. The minimum Gasteiger partial charge on any atom is -0.364 e. The second kappa shape index (κ2) is 11.4. The minimum absolute atomic E-state index is 0.0945. The third-order valence-corrected chi connectivity index (χ3v) is 16.3. The molecule has 0 amide bonds. The van der Waals surface area contributed by atoms with Crippen molar-refractivity contribution >= 4 is 16.9 Å². The maximum Gasteiger partial charge on any atom is 0.180 e. The molecule has 4 fully saturated rings. The molecule has 46 heavy (non-hydrogen) atoms. The summed E-state index contributed by atoms with van der Waals surface area (Å²) in [5.41, 5.74) is 7.83. The molecule has 0 bridgehead atoms. The number of aliphatic hydroxyl groups excluding tert-OH is 1. The van der Waals surface area contributed by atoms with E-state index >= 15 is 0 Å². The van der Waals surface area contributed by atoms with Gasteiger partial charge in [0.1, 0.15) is 0 Å². The van der Waals surface area contributed by atoms with Gasteiger partial charge in [0.15, 0.2) is 6.29 Å². The van der Waals surface area contributed by atoms with Gasteiger partial charge in [-0.05, 0) is 149 Å². The molecule has 1 heterocycles. The fourth-order valence-electron chi connectivity index (χ4n) is 13.2. The van der Waals surface area contributed by atoms with Crippen molar-refractivity contribution in [1.82, 2.24) is 5.32 Å². The Balaban J connectivity index is 1.20. The first-order valence-corrected chi connectivity index (χ1v) is 19.2. The molecule has 0 radical (unpaired) electrons. The maximum atomic E-state index is 10.2. The molecule has 4 saturated carbocycles. The van der Waals surface area contributed by atoms with Crippen LogP contribution in [0, 0.1) is 51.2 Å². The van der Waals surface area contributed by atoms with Gasteiger partial charge in [0.2, 0.25) is 0 Å². The van der Waals surface area contributed by atoms with Crippen LogP contribution < -0.4 is 5.32 Å². The van der Waals surface area contributed by atoms with Gasteiger partial charge in [0.05, 0.1) is 0 Å². The second-order valence-corrected chi connectivity index (χ2v) is 18.4. The molecule has 4 heteroatoms. The Morgan fingerprint density at radius 2 is 1.72 bits per heavy atom. The fourth-order valence-corrected chi connectivity index (χ4v) is 13.9. The Labute approximate surface area is 283 Å². The van der Waals surface area contributed by atoms with Crippen molar-refractivity contribution in [1.29, 1.82) is 0 Å². The summed E-state index contributed by atoms with van der Waals surface area (Å²) in [7, 11) is 1.55. The smallest absolute Gasteiger partial charge is 0.180 e. The van der Waals surface area contributed by atoms with Crippen LogP contribution in [0.2, 0.25) is 0 Å². The average molecular weight is 642 g/mol. The standard InChI is InChI=1S/C42H59NO2S/c1-27(2)31-15-21-42(43-25-28-18-24-46-26-28)23-22-40(6)33(36(31)42)13-14-35-39(5)19-16-32(29-9-11-30(12-10-29)37(44)45-8)38(3,4)34(39)17-20-41(35,40)7/h9-12,16,18,24,26,31,33-37,43-44H,1,13-15,17,19-23,25H2,2-8H3. The summed E-state index contributed by atoms with van der Waals surface area (Å²) in [4.78, 5) is 0. The molecule has 7 rings (SSSR count). The first-order valence-electron chi connectivity index (χ1n) is 18.2. The van der Waals surface area contributed by atoms with Crippen LogP contribution in [-0.4, -0.2) is 17.8 Å². The van der Waals surface area contributed by atoms with E-state index < -0.39 is 6.29 Å². The van der Waals surface area contributed by atoms with Crippen LogP contribution in [0.4, 0.5) is 0 Å². The molecular formula is C42H59NO2S. The number of rotatable bonds is 7. The van der Waals surface area contributed by atoms with Crippen molar-refractivity contribution in [3.05, 3.63) is 76.0 Å². The second-order valence-electron chi connectivity index (χ2n) is 17.6. The van der Waals surface area contributed by atoms with Gasteiger partial charge >= 0.3 is 0 Å². The molecule has 5 aliphatic rings. The number of methoxy groups -OCH3 is 1. The highest BCUT2D eigenvalue weighted by atomic mass is 32.1. The van der Waals surface area contributed by atoms with Crippen molar-refractivity contribution in [2.75, 3.05) is 7.11 Å². The molecule has 0 saturated heterocycles. The number of aliphatic hydroxyl groups is 1. The summed E-state index contributed by atoms with van der Waals surface area (Å²) in [5, 5.41) is 19.0. The van der Waals surface area contributed by atoms with Crippen LogP contribution in [0.1, 0.15) is 122 Å². The number of hydrogen-bond donors (Lipinski definition) is 2. The highest BCUT2D eigenvalue weighted by Gasteiger charge is 2.70. The summed E-state index contributed by atoms with van der Waals surface area (Å²) >= 11 is 1.82. The largest absolute Gasteiger partial charge is 0.364 e. The zero-order valence-corrected chi connectivity index (χ0v) is 30.4. The van der Waals surface area contributed by atoms with Crippen LogP contribution in [0.5, 0.6) is 0 Å². The van der Waals surface area contributed by atoms with E-state index in [9.17, 15) is 5.11 Å². The number of ether oxygens (including phenoxy) is 1. The number of benzene rings is 1. The van der Waals surface area contributed by atoms with Crippen molar-refractivity contribution in [2.24, 2.45) is 51.2 Å². The van der Waals surface area contributed by atoms with Gasteiger partial charge in [-0.2, -0.15) is 11.3 Å². The first kappa shape index (κ1) is 32.8. The predicted octanol–water partition coefficient (Wildman–Crippen LogP) is 10.6. The Bertz CT molecular complexity index is 1480. The SMILES string of the molecule is C=C(C)C1CCC2(NCc3ccsc3)CCC3(C)C(CCC4C5(C)CC=C(c6ccc(C(O)OC)cc6)C(C)(C)C5CCC43C)C12. The highest BCUT2D eigenvalue weighted by Crippen LogP contribution is 2.76. The van der Waals surface area contributed by atoms with E-state index in [0.29, 0.717) is 34.0 Å². The number of fused-ring (bicyclic) bond motifs is 7. The van der Waals surface area contributed by atoms with Crippen molar-refractivity contribution in [3.63, 3.8) is 0 Å². The molecular weight excluding hydrogens is 583 g/mol. The maximum absolute atomic E-state index is 10.2. The molecule has 10 atom stereocenters. The molecule has 3 nitrogen and oxygen atoms in total. The van der Waals surface area contributed by atoms with Gasteiger partial charge in [-0.25, -0.2) is 0 Å². The lowest BCUT2D eigenvalue weighted by Gasteiger charge is -2.72. The predicted molar refractivity (Wildman–Crippen MR) is 192 cm³/mol. The van der Waals surface area contributed by atoms with E-state index in [1.807, 2.05) is 23.5 Å². The Hall–Kier alpha value is -1.72. The van der Waals surface area contributed by atoms with Crippen LogP contribution in [0.3, 0.4) is 0 Å². The Kier molecular flexibility index (Phi) is 8.15. The number of allylic oxidation sites excluding steroid dienone is 3. The lowest BCUT2D eigenvalue weighted by Crippen LogP contribution is -2.67. The van der Waals surface area contributed by atoms with E-state index in [2.05, 4.69) is 88.5 Å². The molecule has 5 aliphatic carbocycles. The lowest BCUT2D eigenvalue weighted by atomic mass is 9.33. The van der Waals surface area contributed by atoms with E-state index in [1.165, 1.54) is 80.1 Å². The molecule has 0 spiro atoms. The topological polar surface area (TPSA) is 41.5 Å². The average Bonchev–Trinajstić information content (AvgIpc) is 3.69. The molecule has 0 aliphatic heterocycles. The minimum atomic E-state index is -0.866. The van der Waals surface area contributed by atoms with Crippen molar-refractivity contribution < 1.29 is 9.84 Å². The normalized spacial score (nSPS) is 41.8. The van der Waals surface area contributed by atoms with Crippen molar-refractivity contribution in [3.8, 4) is 0 Å². The fraction of sp³-hybridized carbons (Fsp3) is 0.667. The van der Waals surface area contributed by atoms with Gasteiger partial charge in [-0.15, -0.1) is 0 Å². The summed E-state index contributed by atoms with van der Waals surface area (Å²) in [6.45, 7) is 21.2. The Morgan fingerprint density at radius 1 is 0.957 bits per heavy atom. The summed E-state index contributed by atoms with van der Waals surface area (Å²) < 4.78 is 5.16. The van der Waals surface area contributed by atoms with E-state index in [4.69, 9.17) is 4.74 Å². The zero-order chi connectivity index (χ0) is 32.7. The molecule has 2 aromatic rings. The monoisotopic (exact) mass is 641 g/mol. The van der Waals surface area contributed by atoms with E-state index in [0.717, 1.165) is 23.9 Å². The quantitative estimate of drug-likeness (QED) is 0.233. The van der Waals surface area contributed by atoms with Gasteiger partial charge < -0.3 is 15.2 Å². The summed E-state index contributed by atoms with van der Waals surface area (Å²) in [6.07, 6.45) is 13.6. The number of thiophene rings is 1. The van der Waals surface area contributed by atoms with Gasteiger partial charge in [-0.1, -0.05) is 77.1 Å². The van der Waals surface area contributed by atoms with Crippen LogP contribution in [0.25, 0.3) is 5.57 Å². The molecule has 10 unspecified atom stereocenters. The summed E-state index contributed by atoms with van der Waals surface area (Å²) in [5.74, 6) is 3.49. The van der Waals surface area contributed by atoms with Crippen molar-refractivity contribution in [2.45, 2.75) is 118 Å². The van der Waals surface area contributed by atoms with Gasteiger partial charge in [0.25, 0.3) is 0 Å². The van der Waals surface area contributed by atoms with Gasteiger partial charge in [-0.3, -0.25) is 0 Å².